The molecule has 2 aliphatic heterocycles. The van der Waals surface area contributed by atoms with Crippen LogP contribution in [0.1, 0.15) is 11.1 Å². The largest absolute Gasteiger partial charge is 0.482 e. The Morgan fingerprint density at radius 1 is 1.16 bits per heavy atom. The van der Waals surface area contributed by atoms with Crippen molar-refractivity contribution in [1.82, 2.24) is 9.62 Å². The predicted molar refractivity (Wildman–Crippen MR) is 120 cm³/mol. The Morgan fingerprint density at radius 3 is 2.62 bits per heavy atom. The SMILES string of the molecule is CN(C)S(=O)(=O)c1cccc(CN2C(=O)COc3ccc(C=C4SC(=O)NC4=O)cc32)c1. The molecule has 0 bridgehead atoms. The topological polar surface area (TPSA) is 113 Å². The van der Waals surface area contributed by atoms with Crippen molar-refractivity contribution in [3.8, 4) is 5.75 Å². The van der Waals surface area contributed by atoms with Crippen LogP contribution in [0, 0.1) is 0 Å². The van der Waals surface area contributed by atoms with E-state index in [1.165, 1.54) is 31.1 Å². The number of nitrogens with one attached hydrogen (secondary N) is 1. The Kier molecular flexibility index (Phi) is 5.80. The third kappa shape index (κ3) is 4.27. The average Bonchev–Trinajstić information content (AvgIpc) is 3.07. The molecule has 32 heavy (non-hydrogen) atoms. The minimum Gasteiger partial charge on any atom is -0.482 e. The van der Waals surface area contributed by atoms with E-state index < -0.39 is 21.2 Å². The van der Waals surface area contributed by atoms with E-state index in [0.29, 0.717) is 22.6 Å². The Hall–Kier alpha value is -3.15. The van der Waals surface area contributed by atoms with Gasteiger partial charge in [0.05, 0.1) is 22.0 Å². The summed E-state index contributed by atoms with van der Waals surface area (Å²) < 4.78 is 31.6. The van der Waals surface area contributed by atoms with Crippen molar-refractivity contribution in [2.24, 2.45) is 0 Å². The summed E-state index contributed by atoms with van der Waals surface area (Å²) in [5.74, 6) is -0.268. The van der Waals surface area contributed by atoms with Crippen LogP contribution in [-0.4, -0.2) is 50.5 Å². The molecule has 1 fully saturated rings. The van der Waals surface area contributed by atoms with Crippen LogP contribution >= 0.6 is 11.8 Å². The second-order valence-electron chi connectivity index (χ2n) is 7.28. The summed E-state index contributed by atoms with van der Waals surface area (Å²) in [5.41, 5.74) is 1.74. The number of nitrogens with zero attached hydrogens (tertiary/aromatic N) is 2. The summed E-state index contributed by atoms with van der Waals surface area (Å²) in [6, 6.07) is 11.5. The fraction of sp³-hybridized carbons (Fsp3) is 0.190. The van der Waals surface area contributed by atoms with Crippen molar-refractivity contribution in [1.29, 1.82) is 0 Å². The third-order valence-electron chi connectivity index (χ3n) is 4.88. The zero-order valence-corrected chi connectivity index (χ0v) is 18.8. The zero-order chi connectivity index (χ0) is 23.0. The van der Waals surface area contributed by atoms with Crippen LogP contribution in [-0.2, 0) is 26.2 Å². The van der Waals surface area contributed by atoms with Gasteiger partial charge in [-0.2, -0.15) is 0 Å². The van der Waals surface area contributed by atoms with E-state index in [1.54, 1.807) is 36.4 Å². The maximum atomic E-state index is 12.6. The van der Waals surface area contributed by atoms with Gasteiger partial charge in [0.2, 0.25) is 10.0 Å². The molecule has 1 N–H and O–H groups in total. The lowest BCUT2D eigenvalue weighted by Crippen LogP contribution is -2.38. The monoisotopic (exact) mass is 473 g/mol. The molecule has 4 rings (SSSR count). The number of hydrogen-bond donors (Lipinski definition) is 1. The van der Waals surface area contributed by atoms with Gasteiger partial charge in [-0.1, -0.05) is 18.2 Å². The van der Waals surface area contributed by atoms with E-state index in [1.807, 2.05) is 0 Å². The molecule has 166 valence electrons. The molecule has 2 aromatic carbocycles. The molecule has 0 saturated carbocycles. The zero-order valence-electron chi connectivity index (χ0n) is 17.2. The van der Waals surface area contributed by atoms with E-state index >= 15 is 0 Å². The van der Waals surface area contributed by atoms with Crippen molar-refractivity contribution < 1.29 is 27.5 Å². The molecule has 0 atom stereocenters. The van der Waals surface area contributed by atoms with Gasteiger partial charge in [0.15, 0.2) is 6.61 Å². The second-order valence-corrected chi connectivity index (χ2v) is 10.4. The molecule has 1 saturated heterocycles. The van der Waals surface area contributed by atoms with Crippen LogP contribution in [0.4, 0.5) is 10.5 Å². The number of carbonyl (C=O) groups is 3. The number of benzene rings is 2. The first-order chi connectivity index (χ1) is 15.1. The molecule has 2 heterocycles. The van der Waals surface area contributed by atoms with Gasteiger partial charge in [0, 0.05) is 14.1 Å². The summed E-state index contributed by atoms with van der Waals surface area (Å²) in [6.07, 6.45) is 1.56. The van der Waals surface area contributed by atoms with E-state index in [-0.39, 0.29) is 28.9 Å². The van der Waals surface area contributed by atoms with Crippen LogP contribution < -0.4 is 15.0 Å². The first-order valence-corrected chi connectivity index (χ1v) is 11.7. The summed E-state index contributed by atoms with van der Waals surface area (Å²) in [6.45, 7) is -0.00435. The molecule has 9 nitrogen and oxygen atoms in total. The van der Waals surface area contributed by atoms with Crippen LogP contribution in [0.2, 0.25) is 0 Å². The molecule has 0 unspecified atom stereocenters. The molecule has 0 spiro atoms. The number of carbonyl (C=O) groups excluding carboxylic acids is 3. The maximum Gasteiger partial charge on any atom is 0.290 e. The van der Waals surface area contributed by atoms with Crippen molar-refractivity contribution in [2.75, 3.05) is 25.6 Å². The maximum absolute atomic E-state index is 12.6. The predicted octanol–water partition coefficient (Wildman–Crippen LogP) is 2.19. The first-order valence-electron chi connectivity index (χ1n) is 9.49. The van der Waals surface area contributed by atoms with Crippen molar-refractivity contribution in [3.05, 3.63) is 58.5 Å². The minimum absolute atomic E-state index is 0.133. The van der Waals surface area contributed by atoms with Gasteiger partial charge in [-0.3, -0.25) is 19.7 Å². The van der Waals surface area contributed by atoms with Crippen molar-refractivity contribution in [2.45, 2.75) is 11.4 Å². The molecular formula is C21H19N3O6S2. The molecule has 2 aromatic rings. The number of ether oxygens (including phenoxy) is 1. The number of hydrogen-bond acceptors (Lipinski definition) is 7. The number of amides is 3. The minimum atomic E-state index is -3.61. The lowest BCUT2D eigenvalue weighted by Gasteiger charge is -2.30. The molecule has 3 amide bonds. The molecular weight excluding hydrogens is 454 g/mol. The van der Waals surface area contributed by atoms with Crippen LogP contribution in [0.15, 0.2) is 52.3 Å². The van der Waals surface area contributed by atoms with Crippen LogP contribution in [0.25, 0.3) is 6.08 Å². The summed E-state index contributed by atoms with van der Waals surface area (Å²) >= 11 is 0.805. The second kappa shape index (κ2) is 8.41. The summed E-state index contributed by atoms with van der Waals surface area (Å²) in [4.78, 5) is 37.8. The van der Waals surface area contributed by atoms with Gasteiger partial charge >= 0.3 is 0 Å². The van der Waals surface area contributed by atoms with E-state index in [0.717, 1.165) is 16.1 Å². The fourth-order valence-electron chi connectivity index (χ4n) is 3.25. The summed E-state index contributed by atoms with van der Waals surface area (Å²) in [5, 5.41) is 1.76. The Balaban J connectivity index is 1.67. The molecule has 0 aromatic heterocycles. The van der Waals surface area contributed by atoms with Crippen molar-refractivity contribution >= 4 is 50.6 Å². The highest BCUT2D eigenvalue weighted by atomic mass is 32.2. The first kappa shape index (κ1) is 22.1. The lowest BCUT2D eigenvalue weighted by atomic mass is 10.1. The van der Waals surface area contributed by atoms with Gasteiger partial charge in [-0.05, 0) is 53.2 Å². The van der Waals surface area contributed by atoms with Crippen molar-refractivity contribution in [3.63, 3.8) is 0 Å². The number of sulfonamides is 1. The molecule has 0 aliphatic carbocycles. The standard InChI is InChI=1S/C21H19N3O6S2/c1-23(2)32(28,29)15-5-3-4-14(8-15)11-24-16-9-13(6-7-17(16)30-12-19(24)25)10-18-20(26)22-21(27)31-18/h3-10H,11-12H2,1-2H3,(H,22,26,27). The highest BCUT2D eigenvalue weighted by Crippen LogP contribution is 2.36. The lowest BCUT2D eigenvalue weighted by molar-refractivity contribution is -0.121. The van der Waals surface area contributed by atoms with Crippen LogP contribution in [0.3, 0.4) is 0 Å². The highest BCUT2D eigenvalue weighted by Gasteiger charge is 2.28. The van der Waals surface area contributed by atoms with Gasteiger partial charge in [0.25, 0.3) is 17.1 Å². The van der Waals surface area contributed by atoms with E-state index in [4.69, 9.17) is 4.74 Å². The number of thioether (sulfide) groups is 1. The number of anilines is 1. The average molecular weight is 474 g/mol. The Bertz CT molecular complexity index is 1270. The molecule has 2 aliphatic rings. The van der Waals surface area contributed by atoms with Gasteiger partial charge < -0.3 is 9.64 Å². The van der Waals surface area contributed by atoms with Gasteiger partial charge in [-0.25, -0.2) is 12.7 Å². The third-order valence-corrected chi connectivity index (χ3v) is 7.51. The number of rotatable bonds is 5. The number of imide groups is 1. The molecule has 0 radical (unpaired) electrons. The Labute approximate surface area is 189 Å². The quantitative estimate of drug-likeness (QED) is 0.662. The van der Waals surface area contributed by atoms with E-state index in [9.17, 15) is 22.8 Å². The van der Waals surface area contributed by atoms with Gasteiger partial charge in [0.1, 0.15) is 5.75 Å². The fourth-order valence-corrected chi connectivity index (χ4v) is 4.91. The highest BCUT2D eigenvalue weighted by molar-refractivity contribution is 8.18. The van der Waals surface area contributed by atoms with Gasteiger partial charge in [-0.15, -0.1) is 0 Å². The smallest absolute Gasteiger partial charge is 0.290 e. The normalized spacial score (nSPS) is 17.5. The Morgan fingerprint density at radius 2 is 1.94 bits per heavy atom. The molecule has 11 heteroatoms. The number of fused-ring (bicyclic) bond motifs is 1. The van der Waals surface area contributed by atoms with E-state index in [2.05, 4.69) is 5.32 Å². The summed E-state index contributed by atoms with van der Waals surface area (Å²) in [7, 11) is -0.705. The van der Waals surface area contributed by atoms with Crippen LogP contribution in [0.5, 0.6) is 5.75 Å².